The van der Waals surface area contributed by atoms with E-state index in [-0.39, 0.29) is 5.41 Å². The third-order valence-corrected chi connectivity index (χ3v) is 5.62. The molecule has 21 heavy (non-hydrogen) atoms. The Labute approximate surface area is 131 Å². The average Bonchev–Trinajstić information content (AvgIpc) is 2.97. The number of nitrogens with zero attached hydrogens (tertiary/aromatic N) is 1. The maximum Gasteiger partial charge on any atom is 0.222 e. The Bertz CT molecular complexity index is 471. The molecule has 1 aromatic carbocycles. The standard InChI is InChI=1S/C17H23NO2S/c19-16-7-8-17(9-11-20-14-17)13-18(16)10-4-12-21-15-5-2-1-3-6-15/h1-3,5-6H,4,7-14H2. The molecule has 3 rings (SSSR count). The first-order chi connectivity index (χ1) is 10.3. The van der Waals surface area contributed by atoms with E-state index in [0.717, 1.165) is 51.3 Å². The molecular formula is C17H23NO2S. The van der Waals surface area contributed by atoms with Gasteiger partial charge in [0.15, 0.2) is 0 Å². The first-order valence-corrected chi connectivity index (χ1v) is 8.79. The molecule has 2 aliphatic rings. The Balaban J connectivity index is 1.44. The molecule has 1 spiro atoms. The second-order valence-electron chi connectivity index (χ2n) is 6.13. The van der Waals surface area contributed by atoms with E-state index in [1.807, 2.05) is 17.8 Å². The monoisotopic (exact) mass is 305 g/mol. The Kier molecular flexibility index (Phi) is 4.86. The van der Waals surface area contributed by atoms with Crippen LogP contribution in [0.3, 0.4) is 0 Å². The summed E-state index contributed by atoms with van der Waals surface area (Å²) >= 11 is 1.87. The molecule has 2 fully saturated rings. The molecule has 1 amide bonds. The fourth-order valence-corrected chi connectivity index (χ4v) is 4.10. The number of benzene rings is 1. The lowest BCUT2D eigenvalue weighted by atomic mass is 9.79. The fourth-order valence-electron chi connectivity index (χ4n) is 3.24. The van der Waals surface area contributed by atoms with Crippen molar-refractivity contribution in [3.63, 3.8) is 0 Å². The molecule has 0 N–H and O–H groups in total. The molecule has 3 nitrogen and oxygen atoms in total. The molecule has 0 aromatic heterocycles. The predicted molar refractivity (Wildman–Crippen MR) is 85.5 cm³/mol. The summed E-state index contributed by atoms with van der Waals surface area (Å²) in [6.07, 6.45) is 3.90. The van der Waals surface area contributed by atoms with Crippen molar-refractivity contribution in [1.29, 1.82) is 0 Å². The number of piperidine rings is 1. The summed E-state index contributed by atoms with van der Waals surface area (Å²) in [5, 5.41) is 0. The van der Waals surface area contributed by atoms with E-state index in [1.165, 1.54) is 4.90 Å². The van der Waals surface area contributed by atoms with Crippen molar-refractivity contribution in [2.45, 2.75) is 30.6 Å². The number of likely N-dealkylation sites (tertiary alicyclic amines) is 1. The third kappa shape index (κ3) is 3.80. The quantitative estimate of drug-likeness (QED) is 0.618. The number of ether oxygens (including phenoxy) is 1. The summed E-state index contributed by atoms with van der Waals surface area (Å²) in [6.45, 7) is 3.50. The lowest BCUT2D eigenvalue weighted by Gasteiger charge is -2.39. The van der Waals surface area contributed by atoms with Crippen molar-refractivity contribution in [2.75, 3.05) is 32.1 Å². The van der Waals surface area contributed by atoms with Crippen molar-refractivity contribution in [2.24, 2.45) is 5.41 Å². The smallest absolute Gasteiger partial charge is 0.222 e. The van der Waals surface area contributed by atoms with Crippen molar-refractivity contribution >= 4 is 17.7 Å². The summed E-state index contributed by atoms with van der Waals surface area (Å²) in [7, 11) is 0. The molecule has 1 aromatic rings. The predicted octanol–water partition coefficient (Wildman–Crippen LogP) is 3.20. The van der Waals surface area contributed by atoms with Crippen LogP contribution in [0.1, 0.15) is 25.7 Å². The SMILES string of the molecule is O=C1CCC2(CCOC2)CN1CCCSc1ccccc1. The van der Waals surface area contributed by atoms with Crippen LogP contribution in [0.25, 0.3) is 0 Å². The van der Waals surface area contributed by atoms with Crippen LogP contribution in [0, 0.1) is 5.41 Å². The van der Waals surface area contributed by atoms with E-state index < -0.39 is 0 Å². The highest BCUT2D eigenvalue weighted by Gasteiger charge is 2.41. The molecule has 2 aliphatic heterocycles. The summed E-state index contributed by atoms with van der Waals surface area (Å²) in [4.78, 5) is 15.5. The van der Waals surface area contributed by atoms with Crippen LogP contribution >= 0.6 is 11.8 Å². The van der Waals surface area contributed by atoms with E-state index in [1.54, 1.807) is 0 Å². The van der Waals surface area contributed by atoms with Gasteiger partial charge in [0.05, 0.1) is 6.61 Å². The molecule has 2 saturated heterocycles. The first-order valence-electron chi connectivity index (χ1n) is 7.81. The van der Waals surface area contributed by atoms with E-state index >= 15 is 0 Å². The van der Waals surface area contributed by atoms with Crippen LogP contribution < -0.4 is 0 Å². The van der Waals surface area contributed by atoms with Crippen molar-refractivity contribution in [1.82, 2.24) is 4.90 Å². The minimum atomic E-state index is 0.264. The zero-order valence-corrected chi connectivity index (χ0v) is 13.2. The Morgan fingerprint density at radius 1 is 1.24 bits per heavy atom. The normalized spacial score (nSPS) is 25.7. The highest BCUT2D eigenvalue weighted by Crippen LogP contribution is 2.38. The zero-order valence-electron chi connectivity index (χ0n) is 12.4. The van der Waals surface area contributed by atoms with Crippen molar-refractivity contribution < 1.29 is 9.53 Å². The summed E-state index contributed by atoms with van der Waals surface area (Å²) in [5.41, 5.74) is 0.264. The average molecular weight is 305 g/mol. The van der Waals surface area contributed by atoms with Gasteiger partial charge in [0.2, 0.25) is 5.91 Å². The van der Waals surface area contributed by atoms with Gasteiger partial charge in [-0.15, -0.1) is 11.8 Å². The molecule has 2 heterocycles. The van der Waals surface area contributed by atoms with Crippen LogP contribution in [-0.4, -0.2) is 42.9 Å². The Morgan fingerprint density at radius 2 is 2.10 bits per heavy atom. The molecule has 0 aliphatic carbocycles. The van der Waals surface area contributed by atoms with E-state index in [2.05, 4.69) is 29.2 Å². The van der Waals surface area contributed by atoms with Gasteiger partial charge in [0.1, 0.15) is 0 Å². The molecule has 1 atom stereocenters. The molecule has 0 radical (unpaired) electrons. The van der Waals surface area contributed by atoms with Gasteiger partial charge in [-0.05, 0) is 37.1 Å². The molecule has 114 valence electrons. The largest absolute Gasteiger partial charge is 0.381 e. The highest BCUT2D eigenvalue weighted by atomic mass is 32.2. The molecule has 0 saturated carbocycles. The van der Waals surface area contributed by atoms with Gasteiger partial charge in [-0.2, -0.15) is 0 Å². The number of hydrogen-bond acceptors (Lipinski definition) is 3. The Morgan fingerprint density at radius 3 is 2.86 bits per heavy atom. The molecule has 1 unspecified atom stereocenters. The number of carbonyl (C=O) groups is 1. The highest BCUT2D eigenvalue weighted by molar-refractivity contribution is 7.99. The van der Waals surface area contributed by atoms with Crippen LogP contribution in [0.15, 0.2) is 35.2 Å². The van der Waals surface area contributed by atoms with E-state index in [0.29, 0.717) is 12.3 Å². The maximum absolute atomic E-state index is 12.1. The van der Waals surface area contributed by atoms with Gasteiger partial charge in [-0.25, -0.2) is 0 Å². The number of amides is 1. The molecule has 4 heteroatoms. The maximum atomic E-state index is 12.1. The van der Waals surface area contributed by atoms with Gasteiger partial charge in [0, 0.05) is 36.4 Å². The van der Waals surface area contributed by atoms with E-state index in [9.17, 15) is 4.79 Å². The summed E-state index contributed by atoms with van der Waals surface area (Å²) < 4.78 is 5.56. The van der Waals surface area contributed by atoms with Gasteiger partial charge in [-0.3, -0.25) is 4.79 Å². The minimum Gasteiger partial charge on any atom is -0.381 e. The van der Waals surface area contributed by atoms with Crippen LogP contribution in [0.5, 0.6) is 0 Å². The van der Waals surface area contributed by atoms with Gasteiger partial charge < -0.3 is 9.64 Å². The second-order valence-corrected chi connectivity index (χ2v) is 7.30. The van der Waals surface area contributed by atoms with Gasteiger partial charge >= 0.3 is 0 Å². The van der Waals surface area contributed by atoms with Crippen LogP contribution in [0.2, 0.25) is 0 Å². The van der Waals surface area contributed by atoms with Crippen LogP contribution in [0.4, 0.5) is 0 Å². The zero-order chi connectivity index (χ0) is 14.5. The first kappa shape index (κ1) is 14.9. The van der Waals surface area contributed by atoms with Crippen LogP contribution in [-0.2, 0) is 9.53 Å². The topological polar surface area (TPSA) is 29.5 Å². The molecule has 0 bridgehead atoms. The lowest BCUT2D eigenvalue weighted by Crippen LogP contribution is -2.47. The van der Waals surface area contributed by atoms with Crippen molar-refractivity contribution in [3.05, 3.63) is 30.3 Å². The number of hydrogen-bond donors (Lipinski definition) is 0. The summed E-state index contributed by atoms with van der Waals surface area (Å²) in [6, 6.07) is 10.5. The number of thioether (sulfide) groups is 1. The van der Waals surface area contributed by atoms with Gasteiger partial charge in [0.25, 0.3) is 0 Å². The fraction of sp³-hybridized carbons (Fsp3) is 0.588. The number of carbonyl (C=O) groups excluding carboxylic acids is 1. The molecular weight excluding hydrogens is 282 g/mol. The third-order valence-electron chi connectivity index (χ3n) is 4.52. The Hall–Kier alpha value is -1.00. The van der Waals surface area contributed by atoms with E-state index in [4.69, 9.17) is 4.74 Å². The second kappa shape index (κ2) is 6.84. The number of rotatable bonds is 5. The minimum absolute atomic E-state index is 0.264. The van der Waals surface area contributed by atoms with Crippen molar-refractivity contribution in [3.8, 4) is 0 Å². The summed E-state index contributed by atoms with van der Waals surface area (Å²) in [5.74, 6) is 1.40. The van der Waals surface area contributed by atoms with Gasteiger partial charge in [-0.1, -0.05) is 18.2 Å². The lowest BCUT2D eigenvalue weighted by molar-refractivity contribution is -0.137.